The predicted octanol–water partition coefficient (Wildman–Crippen LogP) is 15.7. The Labute approximate surface area is 352 Å². The zero-order chi connectivity index (χ0) is 39.9. The van der Waals surface area contributed by atoms with Crippen molar-refractivity contribution in [2.45, 2.75) is 5.41 Å². The van der Waals surface area contributed by atoms with Gasteiger partial charge in [0.25, 0.3) is 0 Å². The molecule has 0 saturated carbocycles. The van der Waals surface area contributed by atoms with E-state index in [0.29, 0.717) is 0 Å². The van der Waals surface area contributed by atoms with Crippen molar-refractivity contribution in [3.8, 4) is 44.5 Å². The van der Waals surface area contributed by atoms with Crippen LogP contribution >= 0.6 is 0 Å². The number of hydrogen-bond acceptors (Lipinski definition) is 1. The van der Waals surface area contributed by atoms with Crippen molar-refractivity contribution in [1.29, 1.82) is 0 Å². The number of fused-ring (bicyclic) bond motifs is 5. The maximum absolute atomic E-state index is 2.47. The fourth-order valence-electron chi connectivity index (χ4n) is 9.65. The molecule has 0 unspecified atom stereocenters. The fraction of sp³-hybridized carbons (Fsp3) is 0.0169. The normalized spacial score (nSPS) is 12.5. The molecule has 0 fully saturated rings. The van der Waals surface area contributed by atoms with Gasteiger partial charge in [-0.2, -0.15) is 0 Å². The molecule has 1 aliphatic rings. The molecule has 0 atom stereocenters. The highest BCUT2D eigenvalue weighted by atomic mass is 15.1. The first-order chi connectivity index (χ1) is 29.8. The summed E-state index contributed by atoms with van der Waals surface area (Å²) in [4.78, 5) is 2.42. The lowest BCUT2D eigenvalue weighted by atomic mass is 9.67. The second kappa shape index (κ2) is 14.9. The molecular weight excluding hydrogens is 723 g/mol. The van der Waals surface area contributed by atoms with Gasteiger partial charge < -0.3 is 4.90 Å². The second-order valence-electron chi connectivity index (χ2n) is 15.6. The molecule has 1 nitrogen and oxygen atoms in total. The van der Waals surface area contributed by atoms with E-state index in [9.17, 15) is 0 Å². The third-order valence-electron chi connectivity index (χ3n) is 12.4. The number of rotatable bonds is 8. The highest BCUT2D eigenvalue weighted by Gasteiger charge is 2.47. The van der Waals surface area contributed by atoms with Crippen LogP contribution in [-0.2, 0) is 5.41 Å². The lowest BCUT2D eigenvalue weighted by Crippen LogP contribution is -2.28. The summed E-state index contributed by atoms with van der Waals surface area (Å²) in [7, 11) is 0. The second-order valence-corrected chi connectivity index (χ2v) is 15.6. The van der Waals surface area contributed by atoms with E-state index >= 15 is 0 Å². The molecule has 0 bridgehead atoms. The summed E-state index contributed by atoms with van der Waals surface area (Å²) in [6.07, 6.45) is 0. The van der Waals surface area contributed by atoms with Gasteiger partial charge in [0.2, 0.25) is 0 Å². The Morgan fingerprint density at radius 3 is 1.23 bits per heavy atom. The van der Waals surface area contributed by atoms with Gasteiger partial charge in [0.1, 0.15) is 0 Å². The minimum atomic E-state index is -0.569. The van der Waals surface area contributed by atoms with Crippen molar-refractivity contribution >= 4 is 27.8 Å². The molecule has 0 saturated heterocycles. The third kappa shape index (κ3) is 5.86. The van der Waals surface area contributed by atoms with E-state index in [1.165, 1.54) is 77.5 Å². The molecule has 0 spiro atoms. The van der Waals surface area contributed by atoms with Gasteiger partial charge >= 0.3 is 0 Å². The molecule has 0 aliphatic heterocycles. The van der Waals surface area contributed by atoms with Crippen LogP contribution < -0.4 is 4.90 Å². The molecule has 10 aromatic rings. The van der Waals surface area contributed by atoms with Crippen LogP contribution in [0.4, 0.5) is 17.1 Å². The van der Waals surface area contributed by atoms with E-state index in [-0.39, 0.29) is 0 Å². The Hall–Kier alpha value is -7.74. The highest BCUT2D eigenvalue weighted by Crippen LogP contribution is 2.59. The van der Waals surface area contributed by atoms with Crippen LogP contribution in [0.15, 0.2) is 249 Å². The summed E-state index contributed by atoms with van der Waals surface area (Å²) in [5.74, 6) is 0. The highest BCUT2D eigenvalue weighted by molar-refractivity contribution is 6.09. The Morgan fingerprint density at radius 1 is 0.267 bits per heavy atom. The number of hydrogen-bond donors (Lipinski definition) is 0. The summed E-state index contributed by atoms with van der Waals surface area (Å²) < 4.78 is 0. The van der Waals surface area contributed by atoms with Crippen LogP contribution in [0, 0.1) is 0 Å². The number of anilines is 3. The Balaban J connectivity index is 1.17. The van der Waals surface area contributed by atoms with Crippen LogP contribution in [0.3, 0.4) is 0 Å². The van der Waals surface area contributed by atoms with Gasteiger partial charge in [0.05, 0.1) is 5.41 Å². The molecule has 1 heteroatoms. The molecule has 0 heterocycles. The van der Waals surface area contributed by atoms with Gasteiger partial charge in [-0.1, -0.05) is 212 Å². The first-order valence-corrected chi connectivity index (χ1v) is 20.8. The molecule has 10 aromatic carbocycles. The summed E-state index contributed by atoms with van der Waals surface area (Å²) in [5, 5.41) is 2.52. The van der Waals surface area contributed by atoms with Gasteiger partial charge in [0, 0.05) is 17.1 Å². The van der Waals surface area contributed by atoms with Crippen LogP contribution in [-0.4, -0.2) is 0 Å². The molecule has 0 radical (unpaired) electrons. The summed E-state index contributed by atoms with van der Waals surface area (Å²) in [6, 6.07) is 91.0. The maximum Gasteiger partial charge on any atom is 0.0714 e. The average Bonchev–Trinajstić information content (AvgIpc) is 3.64. The average molecular weight is 764 g/mol. The molecule has 0 amide bonds. The third-order valence-corrected chi connectivity index (χ3v) is 12.4. The Morgan fingerprint density at radius 2 is 0.717 bits per heavy atom. The molecule has 0 N–H and O–H groups in total. The summed E-state index contributed by atoms with van der Waals surface area (Å²) in [6.45, 7) is 0. The van der Waals surface area contributed by atoms with Gasteiger partial charge in [-0.05, 0) is 114 Å². The van der Waals surface area contributed by atoms with Crippen molar-refractivity contribution < 1.29 is 0 Å². The molecular formula is C59H41N. The minimum Gasteiger partial charge on any atom is -0.310 e. The Kier molecular flexibility index (Phi) is 8.79. The molecule has 1 aliphatic carbocycles. The van der Waals surface area contributed by atoms with Gasteiger partial charge in [0.15, 0.2) is 0 Å². The minimum absolute atomic E-state index is 0.569. The zero-order valence-electron chi connectivity index (χ0n) is 33.1. The van der Waals surface area contributed by atoms with E-state index in [0.717, 1.165) is 17.1 Å². The van der Waals surface area contributed by atoms with E-state index in [2.05, 4.69) is 254 Å². The fourth-order valence-corrected chi connectivity index (χ4v) is 9.65. The van der Waals surface area contributed by atoms with Crippen molar-refractivity contribution in [2.24, 2.45) is 0 Å². The quantitative estimate of drug-likeness (QED) is 0.149. The lowest BCUT2D eigenvalue weighted by molar-refractivity contribution is 0.769. The summed E-state index contributed by atoms with van der Waals surface area (Å²) in [5.41, 5.74) is 17.6. The van der Waals surface area contributed by atoms with Crippen molar-refractivity contribution in [1.82, 2.24) is 0 Å². The first kappa shape index (κ1) is 35.4. The maximum atomic E-state index is 2.47. The van der Waals surface area contributed by atoms with Crippen LogP contribution in [0.2, 0.25) is 0 Å². The van der Waals surface area contributed by atoms with E-state index < -0.39 is 5.41 Å². The smallest absolute Gasteiger partial charge is 0.0714 e. The van der Waals surface area contributed by atoms with Crippen LogP contribution in [0.1, 0.15) is 22.3 Å². The number of nitrogens with zero attached hydrogens (tertiary/aromatic N) is 1. The zero-order valence-corrected chi connectivity index (χ0v) is 33.1. The largest absolute Gasteiger partial charge is 0.310 e. The standard InChI is InChI=1S/C59H41N/c1-6-17-42(18-7-1)44-29-33-49(34-30-44)60(50-35-31-45(32-36-50)43-19-8-2-9-20-43)51-37-38-55-57(41-51)59(47-23-12-4-13-24-47,48-25-14-5-15-26-48)56-40-39-53-52(46-21-10-3-11-22-46)27-16-28-54(53)58(55)56/h1-41H. The predicted molar refractivity (Wildman–Crippen MR) is 252 cm³/mol. The number of benzene rings is 10. The van der Waals surface area contributed by atoms with Crippen molar-refractivity contribution in [3.63, 3.8) is 0 Å². The lowest BCUT2D eigenvalue weighted by Gasteiger charge is -2.35. The molecule has 282 valence electrons. The van der Waals surface area contributed by atoms with Gasteiger partial charge in [-0.25, -0.2) is 0 Å². The summed E-state index contributed by atoms with van der Waals surface area (Å²) >= 11 is 0. The topological polar surface area (TPSA) is 3.24 Å². The van der Waals surface area contributed by atoms with Gasteiger partial charge in [-0.3, -0.25) is 0 Å². The van der Waals surface area contributed by atoms with Crippen LogP contribution in [0.5, 0.6) is 0 Å². The molecule has 11 rings (SSSR count). The molecule has 0 aromatic heterocycles. The van der Waals surface area contributed by atoms with E-state index in [1.807, 2.05) is 0 Å². The van der Waals surface area contributed by atoms with Crippen molar-refractivity contribution in [2.75, 3.05) is 4.90 Å². The monoisotopic (exact) mass is 763 g/mol. The van der Waals surface area contributed by atoms with E-state index in [1.54, 1.807) is 0 Å². The van der Waals surface area contributed by atoms with Gasteiger partial charge in [-0.15, -0.1) is 0 Å². The van der Waals surface area contributed by atoms with Crippen molar-refractivity contribution in [3.05, 3.63) is 271 Å². The van der Waals surface area contributed by atoms with E-state index in [4.69, 9.17) is 0 Å². The SMILES string of the molecule is c1ccc(-c2ccc(N(c3ccc(-c4ccccc4)cc3)c3ccc4c(c3)C(c3ccccc3)(c3ccccc3)c3ccc5c(-c6ccccc6)cccc5c3-4)cc2)cc1. The first-order valence-electron chi connectivity index (χ1n) is 20.8. The van der Waals surface area contributed by atoms with Crippen LogP contribution in [0.25, 0.3) is 55.3 Å². The molecule has 60 heavy (non-hydrogen) atoms. The Bertz CT molecular complexity index is 2960.